The third-order valence-corrected chi connectivity index (χ3v) is 7.63. The highest BCUT2D eigenvalue weighted by molar-refractivity contribution is 9.10. The number of hydrogen-bond donors (Lipinski definition) is 2. The summed E-state index contributed by atoms with van der Waals surface area (Å²) in [5, 5.41) is 21.9. The van der Waals surface area contributed by atoms with Crippen LogP contribution in [0.15, 0.2) is 39.5 Å². The number of anilines is 1. The van der Waals surface area contributed by atoms with E-state index in [9.17, 15) is 28.5 Å². The summed E-state index contributed by atoms with van der Waals surface area (Å²) in [6.07, 6.45) is -0.0149. The Bertz CT molecular complexity index is 1820. The molecule has 206 valence electrons. The Morgan fingerprint density at radius 2 is 2.08 bits per heavy atom. The van der Waals surface area contributed by atoms with Crippen LogP contribution in [0.3, 0.4) is 0 Å². The summed E-state index contributed by atoms with van der Waals surface area (Å²) in [7, 11) is 1.69. The standard InChI is InChI=1S/C23H17BrF2N8O5S/c1-9-12(6-28-32(9)2)11-5-14(19(25)26)29-23-16(11)17(18(40-23)20(27)35)30-22(36)15-4-3-10(39-15)7-33-8-13(24)21(31-33)34(37)38/h3-6,8,19H,7H2,1-2H3,(H2,27,35)(H,30,36). The number of carbonyl (C=O) groups excluding carboxylic acids is 2. The van der Waals surface area contributed by atoms with Crippen LogP contribution in [0.25, 0.3) is 21.3 Å². The molecule has 0 unspecified atom stereocenters. The van der Waals surface area contributed by atoms with Crippen LogP contribution in [-0.4, -0.2) is 41.3 Å². The number of primary amides is 1. The van der Waals surface area contributed by atoms with E-state index in [1.807, 2.05) is 0 Å². The normalized spacial score (nSPS) is 11.4. The number of nitro groups is 1. The first-order valence-corrected chi connectivity index (χ1v) is 12.9. The molecular formula is C23H17BrF2N8O5S. The molecule has 0 aromatic carbocycles. The van der Waals surface area contributed by atoms with E-state index >= 15 is 0 Å². The number of nitrogens with two attached hydrogens (primary N) is 1. The number of thiophene rings is 1. The van der Waals surface area contributed by atoms with E-state index in [0.29, 0.717) is 11.3 Å². The lowest BCUT2D eigenvalue weighted by molar-refractivity contribution is -0.390. The van der Waals surface area contributed by atoms with Crippen molar-refractivity contribution in [3.8, 4) is 11.1 Å². The fraction of sp³-hybridized carbons (Fsp3) is 0.174. The largest absolute Gasteiger partial charge is 0.454 e. The van der Waals surface area contributed by atoms with Gasteiger partial charge < -0.3 is 25.6 Å². The number of nitrogens with zero attached hydrogens (tertiary/aromatic N) is 6. The molecule has 0 fully saturated rings. The Labute approximate surface area is 234 Å². The number of carbonyl (C=O) groups is 2. The van der Waals surface area contributed by atoms with E-state index in [2.05, 4.69) is 36.4 Å². The summed E-state index contributed by atoms with van der Waals surface area (Å²) >= 11 is 3.84. The molecule has 0 bridgehead atoms. The number of amides is 2. The zero-order chi connectivity index (χ0) is 28.9. The van der Waals surface area contributed by atoms with Gasteiger partial charge in [0, 0.05) is 23.7 Å². The smallest absolute Gasteiger partial charge is 0.404 e. The van der Waals surface area contributed by atoms with Gasteiger partial charge in [-0.3, -0.25) is 14.3 Å². The zero-order valence-corrected chi connectivity index (χ0v) is 22.9. The van der Waals surface area contributed by atoms with Crippen molar-refractivity contribution in [3.63, 3.8) is 0 Å². The number of pyridine rings is 1. The molecule has 0 saturated heterocycles. The van der Waals surface area contributed by atoms with Crippen molar-refractivity contribution in [1.82, 2.24) is 24.5 Å². The first-order chi connectivity index (χ1) is 18.9. The quantitative estimate of drug-likeness (QED) is 0.180. The predicted molar refractivity (Wildman–Crippen MR) is 142 cm³/mol. The number of alkyl halides is 2. The summed E-state index contributed by atoms with van der Waals surface area (Å²) in [5.74, 6) is -1.92. The Balaban J connectivity index is 1.54. The molecule has 5 aromatic rings. The number of aromatic nitrogens is 5. The number of halogens is 3. The Morgan fingerprint density at radius 3 is 2.67 bits per heavy atom. The maximum absolute atomic E-state index is 13.7. The third kappa shape index (κ3) is 4.84. The molecule has 0 aliphatic heterocycles. The Hall–Kier alpha value is -4.51. The summed E-state index contributed by atoms with van der Waals surface area (Å²) < 4.78 is 36.0. The molecule has 13 nitrogen and oxygen atoms in total. The van der Waals surface area contributed by atoms with Gasteiger partial charge in [0.2, 0.25) is 0 Å². The van der Waals surface area contributed by atoms with E-state index in [0.717, 1.165) is 11.3 Å². The molecule has 0 radical (unpaired) electrons. The second-order valence-corrected chi connectivity index (χ2v) is 10.3. The Kier molecular flexibility index (Phi) is 6.92. The molecule has 0 aliphatic carbocycles. The van der Waals surface area contributed by atoms with E-state index in [4.69, 9.17) is 10.2 Å². The van der Waals surface area contributed by atoms with Crippen molar-refractivity contribution in [1.29, 1.82) is 0 Å². The molecule has 2 amide bonds. The van der Waals surface area contributed by atoms with Gasteiger partial charge >= 0.3 is 5.82 Å². The molecule has 5 aromatic heterocycles. The molecule has 0 saturated carbocycles. The topological polar surface area (TPSA) is 177 Å². The lowest BCUT2D eigenvalue weighted by Gasteiger charge is -2.10. The molecule has 3 N–H and O–H groups in total. The van der Waals surface area contributed by atoms with Gasteiger partial charge in [0.15, 0.2) is 5.76 Å². The molecule has 40 heavy (non-hydrogen) atoms. The number of nitrogens with one attached hydrogen (secondary N) is 1. The summed E-state index contributed by atoms with van der Waals surface area (Å²) in [5.41, 5.74) is 6.50. The lowest BCUT2D eigenvalue weighted by atomic mass is 10.0. The fourth-order valence-corrected chi connectivity index (χ4v) is 5.48. The minimum absolute atomic E-state index is 0.00588. The van der Waals surface area contributed by atoms with Crippen LogP contribution < -0.4 is 11.1 Å². The molecule has 0 spiro atoms. The lowest BCUT2D eigenvalue weighted by Crippen LogP contribution is -2.16. The van der Waals surface area contributed by atoms with Crippen LogP contribution >= 0.6 is 27.3 Å². The van der Waals surface area contributed by atoms with Crippen LogP contribution in [0.2, 0.25) is 0 Å². The van der Waals surface area contributed by atoms with E-state index < -0.39 is 28.9 Å². The van der Waals surface area contributed by atoms with Crippen LogP contribution in [0.5, 0.6) is 0 Å². The van der Waals surface area contributed by atoms with Gasteiger partial charge in [0.25, 0.3) is 18.2 Å². The number of aryl methyl sites for hydroxylation is 1. The highest BCUT2D eigenvalue weighted by Crippen LogP contribution is 2.43. The van der Waals surface area contributed by atoms with Crippen LogP contribution in [0, 0.1) is 17.0 Å². The zero-order valence-electron chi connectivity index (χ0n) is 20.5. The SMILES string of the molecule is Cc1c(-c2cc(C(F)F)nc3sc(C(N)=O)c(NC(=O)c4ccc(Cn5cc(Br)c([N+](=O)[O-])n5)o4)c23)cnn1C. The molecule has 0 aliphatic rings. The van der Waals surface area contributed by atoms with Gasteiger partial charge in [-0.15, -0.1) is 11.3 Å². The minimum atomic E-state index is -2.89. The van der Waals surface area contributed by atoms with Crippen molar-refractivity contribution < 1.29 is 27.7 Å². The number of furan rings is 1. The second-order valence-electron chi connectivity index (χ2n) is 8.49. The summed E-state index contributed by atoms with van der Waals surface area (Å²) in [6.45, 7) is 1.73. The van der Waals surface area contributed by atoms with Crippen LogP contribution in [0.4, 0.5) is 20.3 Å². The van der Waals surface area contributed by atoms with Gasteiger partial charge in [-0.2, -0.15) is 9.78 Å². The van der Waals surface area contributed by atoms with E-state index in [1.165, 1.54) is 35.3 Å². The van der Waals surface area contributed by atoms with Crippen molar-refractivity contribution in [2.45, 2.75) is 19.9 Å². The van der Waals surface area contributed by atoms with Crippen molar-refractivity contribution >= 4 is 60.8 Å². The monoisotopic (exact) mass is 634 g/mol. The molecule has 17 heteroatoms. The first-order valence-electron chi connectivity index (χ1n) is 11.3. The number of rotatable bonds is 8. The molecular weight excluding hydrogens is 618 g/mol. The van der Waals surface area contributed by atoms with Gasteiger partial charge in [-0.25, -0.2) is 13.8 Å². The van der Waals surface area contributed by atoms with Gasteiger partial charge in [0.05, 0.1) is 23.2 Å². The average molecular weight is 635 g/mol. The molecule has 5 rings (SSSR count). The highest BCUT2D eigenvalue weighted by atomic mass is 79.9. The maximum atomic E-state index is 13.7. The summed E-state index contributed by atoms with van der Waals surface area (Å²) in [4.78, 5) is 39.9. The molecule has 5 heterocycles. The second kappa shape index (κ2) is 10.2. The van der Waals surface area contributed by atoms with Gasteiger partial charge in [0.1, 0.15) is 32.2 Å². The third-order valence-electron chi connectivity index (χ3n) is 5.97. The average Bonchev–Trinajstić information content (AvgIpc) is 3.66. The van der Waals surface area contributed by atoms with Gasteiger partial charge in [-0.1, -0.05) is 0 Å². The fourth-order valence-electron chi connectivity index (χ4n) is 4.01. The van der Waals surface area contributed by atoms with Crippen LogP contribution in [-0.2, 0) is 13.6 Å². The van der Waals surface area contributed by atoms with E-state index in [1.54, 1.807) is 18.7 Å². The maximum Gasteiger partial charge on any atom is 0.404 e. The first kappa shape index (κ1) is 27.1. The van der Waals surface area contributed by atoms with E-state index in [-0.39, 0.29) is 54.7 Å². The molecule has 0 atom stereocenters. The van der Waals surface area contributed by atoms with Crippen molar-refractivity contribution in [2.24, 2.45) is 12.8 Å². The minimum Gasteiger partial charge on any atom is -0.454 e. The van der Waals surface area contributed by atoms with Gasteiger partial charge in [-0.05, 0) is 51.5 Å². The highest BCUT2D eigenvalue weighted by Gasteiger charge is 2.27. The van der Waals surface area contributed by atoms with Crippen molar-refractivity contribution in [2.75, 3.05) is 5.32 Å². The number of fused-ring (bicyclic) bond motifs is 1. The predicted octanol–water partition coefficient (Wildman–Crippen LogP) is 4.80. The van der Waals surface area contributed by atoms with Crippen LogP contribution in [0.1, 0.15) is 43.8 Å². The van der Waals surface area contributed by atoms with Crippen molar-refractivity contribution in [3.05, 3.63) is 73.0 Å². The summed E-state index contributed by atoms with van der Waals surface area (Å²) in [6, 6.07) is 4.05. The number of hydrogen-bond acceptors (Lipinski definition) is 9. The Morgan fingerprint density at radius 1 is 1.32 bits per heavy atom.